The van der Waals surface area contributed by atoms with Gasteiger partial charge in [-0.1, -0.05) is 6.07 Å². The molecule has 2 aromatic heterocycles. The molecule has 2 heterocycles. The first kappa shape index (κ1) is 18.7. The van der Waals surface area contributed by atoms with Crippen molar-refractivity contribution in [2.24, 2.45) is 0 Å². The molecule has 27 heavy (non-hydrogen) atoms. The van der Waals surface area contributed by atoms with Crippen LogP contribution in [0.2, 0.25) is 0 Å². The van der Waals surface area contributed by atoms with Crippen LogP contribution in [0.15, 0.2) is 76.4 Å². The number of sulfonamides is 1. The molecule has 3 rings (SSSR count). The molecule has 140 valence electrons. The van der Waals surface area contributed by atoms with Crippen molar-refractivity contribution in [2.45, 2.75) is 18.4 Å². The van der Waals surface area contributed by atoms with Gasteiger partial charge >= 0.3 is 5.97 Å². The molecule has 0 saturated heterocycles. The SMILES string of the molecule is CCOC(=O)c1ccc(S(=O)(=O)N(Cc2ccco2)c2ccccn2)cc1. The lowest BCUT2D eigenvalue weighted by Gasteiger charge is -2.22. The van der Waals surface area contributed by atoms with Crippen LogP contribution in [-0.4, -0.2) is 26.0 Å². The van der Waals surface area contributed by atoms with Crippen LogP contribution >= 0.6 is 0 Å². The number of aromatic nitrogens is 1. The maximum Gasteiger partial charge on any atom is 0.338 e. The lowest BCUT2D eigenvalue weighted by Crippen LogP contribution is -2.31. The van der Waals surface area contributed by atoms with E-state index in [4.69, 9.17) is 9.15 Å². The third-order valence-electron chi connectivity index (χ3n) is 3.74. The first-order valence-corrected chi connectivity index (χ1v) is 9.69. The van der Waals surface area contributed by atoms with Gasteiger partial charge in [0.15, 0.2) is 0 Å². The average Bonchev–Trinajstić information content (AvgIpc) is 3.20. The third kappa shape index (κ3) is 4.17. The highest BCUT2D eigenvalue weighted by Crippen LogP contribution is 2.24. The molecule has 0 N–H and O–H groups in total. The summed E-state index contributed by atoms with van der Waals surface area (Å²) in [6.07, 6.45) is 3.00. The van der Waals surface area contributed by atoms with E-state index in [1.165, 1.54) is 36.7 Å². The highest BCUT2D eigenvalue weighted by Gasteiger charge is 2.27. The summed E-state index contributed by atoms with van der Waals surface area (Å²) >= 11 is 0. The van der Waals surface area contributed by atoms with Crippen molar-refractivity contribution in [3.8, 4) is 0 Å². The summed E-state index contributed by atoms with van der Waals surface area (Å²) in [6.45, 7) is 1.94. The first-order valence-electron chi connectivity index (χ1n) is 8.25. The number of hydrogen-bond acceptors (Lipinski definition) is 6. The van der Waals surface area contributed by atoms with Gasteiger partial charge in [0.25, 0.3) is 10.0 Å². The maximum absolute atomic E-state index is 13.2. The molecule has 0 saturated carbocycles. The van der Waals surface area contributed by atoms with Gasteiger partial charge in [-0.25, -0.2) is 22.5 Å². The number of benzene rings is 1. The van der Waals surface area contributed by atoms with Gasteiger partial charge in [0, 0.05) is 6.20 Å². The maximum atomic E-state index is 13.2. The minimum atomic E-state index is -3.93. The molecule has 0 spiro atoms. The second-order valence-electron chi connectivity index (χ2n) is 5.52. The predicted molar refractivity (Wildman–Crippen MR) is 98.7 cm³/mol. The van der Waals surface area contributed by atoms with Crippen LogP contribution in [0.25, 0.3) is 0 Å². The minimum absolute atomic E-state index is 0.00796. The van der Waals surface area contributed by atoms with E-state index in [0.717, 1.165) is 4.31 Å². The van der Waals surface area contributed by atoms with Crippen molar-refractivity contribution in [1.82, 2.24) is 4.98 Å². The molecule has 0 atom stereocenters. The van der Waals surface area contributed by atoms with E-state index >= 15 is 0 Å². The Labute approximate surface area is 157 Å². The fraction of sp³-hybridized carbons (Fsp3) is 0.158. The van der Waals surface area contributed by atoms with Gasteiger partial charge < -0.3 is 9.15 Å². The van der Waals surface area contributed by atoms with Gasteiger partial charge in [-0.15, -0.1) is 0 Å². The van der Waals surface area contributed by atoms with Gasteiger partial charge in [-0.3, -0.25) is 0 Å². The second kappa shape index (κ2) is 8.05. The van der Waals surface area contributed by atoms with Gasteiger partial charge in [-0.05, 0) is 55.5 Å². The Morgan fingerprint density at radius 1 is 1.11 bits per heavy atom. The zero-order valence-electron chi connectivity index (χ0n) is 14.6. The third-order valence-corrected chi connectivity index (χ3v) is 5.50. The molecule has 0 bridgehead atoms. The number of esters is 1. The van der Waals surface area contributed by atoms with Crippen molar-refractivity contribution in [1.29, 1.82) is 0 Å². The number of ether oxygens (including phenoxy) is 1. The number of nitrogens with zero attached hydrogens (tertiary/aromatic N) is 2. The first-order chi connectivity index (χ1) is 13.0. The molecule has 0 aliphatic rings. The molecule has 7 nitrogen and oxygen atoms in total. The number of pyridine rings is 1. The smallest absolute Gasteiger partial charge is 0.338 e. The van der Waals surface area contributed by atoms with Crippen molar-refractivity contribution >= 4 is 21.8 Å². The lowest BCUT2D eigenvalue weighted by molar-refractivity contribution is 0.0526. The standard InChI is InChI=1S/C19H18N2O5S/c1-2-25-19(22)15-8-10-17(11-9-15)27(23,24)21(14-16-6-5-13-26-16)18-7-3-4-12-20-18/h3-13H,2,14H2,1H3. The minimum Gasteiger partial charge on any atom is -0.467 e. The number of hydrogen-bond donors (Lipinski definition) is 0. The van der Waals surface area contributed by atoms with Gasteiger partial charge in [-0.2, -0.15) is 0 Å². The molecule has 0 radical (unpaired) electrons. The summed E-state index contributed by atoms with van der Waals surface area (Å²) in [7, 11) is -3.93. The van der Waals surface area contributed by atoms with E-state index < -0.39 is 16.0 Å². The van der Waals surface area contributed by atoms with Gasteiger partial charge in [0.1, 0.15) is 11.6 Å². The Bertz CT molecular complexity index is 984. The van der Waals surface area contributed by atoms with Crippen LogP contribution in [0.5, 0.6) is 0 Å². The van der Waals surface area contributed by atoms with Crippen molar-refractivity contribution in [2.75, 3.05) is 10.9 Å². The van der Waals surface area contributed by atoms with Crippen LogP contribution in [0, 0.1) is 0 Å². The molecule has 0 aliphatic carbocycles. The summed E-state index contributed by atoms with van der Waals surface area (Å²) in [5, 5.41) is 0. The zero-order valence-corrected chi connectivity index (χ0v) is 15.4. The van der Waals surface area contributed by atoms with Crippen LogP contribution in [0.4, 0.5) is 5.82 Å². The quantitative estimate of drug-likeness (QED) is 0.579. The second-order valence-corrected chi connectivity index (χ2v) is 7.39. The van der Waals surface area contributed by atoms with Crippen molar-refractivity contribution in [3.63, 3.8) is 0 Å². The molecule has 0 unspecified atom stereocenters. The lowest BCUT2D eigenvalue weighted by atomic mass is 10.2. The Balaban J connectivity index is 1.96. The monoisotopic (exact) mass is 386 g/mol. The number of furan rings is 1. The van der Waals surface area contributed by atoms with E-state index in [1.54, 1.807) is 37.3 Å². The van der Waals surface area contributed by atoms with Crippen LogP contribution in [0.1, 0.15) is 23.0 Å². The van der Waals surface area contributed by atoms with E-state index in [9.17, 15) is 13.2 Å². The molecule has 0 aliphatic heterocycles. The highest BCUT2D eigenvalue weighted by atomic mass is 32.2. The van der Waals surface area contributed by atoms with Gasteiger partial charge in [0.05, 0.1) is 29.9 Å². The molecule has 3 aromatic rings. The summed E-state index contributed by atoms with van der Waals surface area (Å²) in [5.74, 6) is 0.245. The van der Waals surface area contributed by atoms with Gasteiger partial charge in [0.2, 0.25) is 0 Å². The van der Waals surface area contributed by atoms with Crippen LogP contribution < -0.4 is 4.31 Å². The Morgan fingerprint density at radius 3 is 2.48 bits per heavy atom. The number of rotatable bonds is 7. The van der Waals surface area contributed by atoms with E-state index in [1.807, 2.05) is 0 Å². The fourth-order valence-electron chi connectivity index (χ4n) is 2.44. The summed E-state index contributed by atoms with van der Waals surface area (Å²) in [5.41, 5.74) is 0.284. The number of anilines is 1. The normalized spacial score (nSPS) is 11.1. The summed E-state index contributed by atoms with van der Waals surface area (Å²) in [4.78, 5) is 16.0. The van der Waals surface area contributed by atoms with E-state index in [-0.39, 0.29) is 29.4 Å². The molecule has 8 heteroatoms. The Hall–Kier alpha value is -3.13. The van der Waals surface area contributed by atoms with Crippen LogP contribution in [0.3, 0.4) is 0 Å². The van der Waals surface area contributed by atoms with E-state index in [0.29, 0.717) is 5.76 Å². The molecular weight excluding hydrogens is 368 g/mol. The molecule has 0 amide bonds. The molecule has 0 fully saturated rings. The topological polar surface area (TPSA) is 89.7 Å². The fourth-order valence-corrected chi connectivity index (χ4v) is 3.83. The molecular formula is C19H18N2O5S. The van der Waals surface area contributed by atoms with Crippen LogP contribution in [-0.2, 0) is 21.3 Å². The Kier molecular flexibility index (Phi) is 5.56. The largest absolute Gasteiger partial charge is 0.467 e. The highest BCUT2D eigenvalue weighted by molar-refractivity contribution is 7.92. The number of carbonyl (C=O) groups is 1. The van der Waals surface area contributed by atoms with E-state index in [2.05, 4.69) is 4.98 Å². The summed E-state index contributed by atoms with van der Waals surface area (Å²) < 4.78 is 37.8. The predicted octanol–water partition coefficient (Wildman–Crippen LogP) is 3.25. The average molecular weight is 386 g/mol. The van der Waals surface area contributed by atoms with Crippen molar-refractivity contribution < 1.29 is 22.4 Å². The zero-order chi connectivity index (χ0) is 19.3. The molecule has 1 aromatic carbocycles. The Morgan fingerprint density at radius 2 is 1.89 bits per heavy atom. The number of carbonyl (C=O) groups excluding carboxylic acids is 1. The van der Waals surface area contributed by atoms with Crippen molar-refractivity contribution in [3.05, 3.63) is 78.4 Å². The summed E-state index contributed by atoms with van der Waals surface area (Å²) in [6, 6.07) is 14.0.